The summed E-state index contributed by atoms with van der Waals surface area (Å²) in [6, 6.07) is 10.4. The van der Waals surface area contributed by atoms with Crippen LogP contribution in [0.1, 0.15) is 12.5 Å². The van der Waals surface area contributed by atoms with Crippen LogP contribution in [0.15, 0.2) is 34.7 Å². The van der Waals surface area contributed by atoms with Gasteiger partial charge in [0.2, 0.25) is 11.0 Å². The van der Waals surface area contributed by atoms with Crippen LogP contribution in [0.3, 0.4) is 0 Å². The van der Waals surface area contributed by atoms with Gasteiger partial charge in [-0.2, -0.15) is 0 Å². The lowest BCUT2D eigenvalue weighted by molar-refractivity contribution is -0.132. The average molecular weight is 364 g/mol. The monoisotopic (exact) mass is 363 g/mol. The SMILES string of the molecule is C[C@H](Sc1nnc(N)s1)C(=O)N1CCN(Cc2ccccc2)CC1. The number of nitrogen functional groups attached to an aromatic ring is 1. The van der Waals surface area contributed by atoms with Gasteiger partial charge in [-0.3, -0.25) is 9.69 Å². The maximum absolute atomic E-state index is 12.6. The molecule has 0 radical (unpaired) electrons. The zero-order chi connectivity index (χ0) is 16.9. The zero-order valence-electron chi connectivity index (χ0n) is 13.6. The summed E-state index contributed by atoms with van der Waals surface area (Å²) in [5.74, 6) is 0.160. The molecule has 0 unspecified atom stereocenters. The van der Waals surface area contributed by atoms with Crippen molar-refractivity contribution in [1.29, 1.82) is 0 Å². The normalized spacial score (nSPS) is 17.0. The third kappa shape index (κ3) is 4.46. The van der Waals surface area contributed by atoms with Crippen molar-refractivity contribution in [2.24, 2.45) is 0 Å². The summed E-state index contributed by atoms with van der Waals surface area (Å²) in [7, 11) is 0. The van der Waals surface area contributed by atoms with E-state index in [0.29, 0.717) is 5.13 Å². The first-order valence-electron chi connectivity index (χ1n) is 7.92. The average Bonchev–Trinajstić information content (AvgIpc) is 3.00. The predicted molar refractivity (Wildman–Crippen MR) is 97.9 cm³/mol. The van der Waals surface area contributed by atoms with Crippen LogP contribution in [0.25, 0.3) is 0 Å². The number of benzene rings is 1. The van der Waals surface area contributed by atoms with Gasteiger partial charge in [-0.05, 0) is 12.5 Å². The minimum Gasteiger partial charge on any atom is -0.374 e. The van der Waals surface area contributed by atoms with Crippen LogP contribution >= 0.6 is 23.1 Å². The molecule has 0 spiro atoms. The second kappa shape index (κ2) is 7.96. The molecular weight excluding hydrogens is 342 g/mol. The molecule has 1 aromatic heterocycles. The van der Waals surface area contributed by atoms with Crippen LogP contribution in [0.5, 0.6) is 0 Å². The smallest absolute Gasteiger partial charge is 0.235 e. The van der Waals surface area contributed by atoms with Gasteiger partial charge in [-0.15, -0.1) is 10.2 Å². The number of hydrogen-bond acceptors (Lipinski definition) is 7. The Morgan fingerprint density at radius 3 is 2.58 bits per heavy atom. The third-order valence-electron chi connectivity index (χ3n) is 3.98. The highest BCUT2D eigenvalue weighted by atomic mass is 32.2. The molecule has 1 saturated heterocycles. The van der Waals surface area contributed by atoms with E-state index in [4.69, 9.17) is 5.73 Å². The zero-order valence-corrected chi connectivity index (χ0v) is 15.2. The highest BCUT2D eigenvalue weighted by Crippen LogP contribution is 2.28. The predicted octanol–water partition coefficient (Wildman–Crippen LogP) is 1.95. The van der Waals surface area contributed by atoms with E-state index in [-0.39, 0.29) is 11.2 Å². The number of nitrogens with two attached hydrogens (primary N) is 1. The molecule has 24 heavy (non-hydrogen) atoms. The van der Waals surface area contributed by atoms with Crippen molar-refractivity contribution in [2.45, 2.75) is 23.1 Å². The number of amides is 1. The van der Waals surface area contributed by atoms with Crippen LogP contribution in [-0.2, 0) is 11.3 Å². The van der Waals surface area contributed by atoms with Crippen molar-refractivity contribution in [3.05, 3.63) is 35.9 Å². The van der Waals surface area contributed by atoms with E-state index in [9.17, 15) is 4.79 Å². The molecule has 1 atom stereocenters. The van der Waals surface area contributed by atoms with Crippen LogP contribution in [0, 0.1) is 0 Å². The largest absolute Gasteiger partial charge is 0.374 e. The maximum atomic E-state index is 12.6. The number of aromatic nitrogens is 2. The van der Waals surface area contributed by atoms with Crippen molar-refractivity contribution in [3.63, 3.8) is 0 Å². The third-order valence-corrected chi connectivity index (χ3v) is 5.90. The summed E-state index contributed by atoms with van der Waals surface area (Å²) in [4.78, 5) is 16.9. The van der Waals surface area contributed by atoms with Gasteiger partial charge in [0.05, 0.1) is 5.25 Å². The molecule has 2 N–H and O–H groups in total. The minimum absolute atomic E-state index is 0.160. The molecule has 2 heterocycles. The summed E-state index contributed by atoms with van der Waals surface area (Å²) >= 11 is 2.75. The van der Waals surface area contributed by atoms with Crippen LogP contribution in [-0.4, -0.2) is 57.3 Å². The number of thioether (sulfide) groups is 1. The summed E-state index contributed by atoms with van der Waals surface area (Å²) in [5, 5.41) is 8.02. The number of rotatable bonds is 5. The van der Waals surface area contributed by atoms with E-state index in [1.807, 2.05) is 17.9 Å². The molecule has 2 aromatic rings. The van der Waals surface area contributed by atoms with Gasteiger partial charge in [-0.1, -0.05) is 53.4 Å². The molecule has 1 fully saturated rings. The van der Waals surface area contributed by atoms with E-state index in [1.54, 1.807) is 0 Å². The van der Waals surface area contributed by atoms with Crippen molar-refractivity contribution in [2.75, 3.05) is 31.9 Å². The van der Waals surface area contributed by atoms with Crippen LogP contribution in [0.2, 0.25) is 0 Å². The maximum Gasteiger partial charge on any atom is 0.235 e. The lowest BCUT2D eigenvalue weighted by atomic mass is 10.2. The summed E-state index contributed by atoms with van der Waals surface area (Å²) in [6.45, 7) is 6.22. The number of nitrogens with zero attached hydrogens (tertiary/aromatic N) is 4. The van der Waals surface area contributed by atoms with Gasteiger partial charge in [0, 0.05) is 32.7 Å². The van der Waals surface area contributed by atoms with Gasteiger partial charge in [0.25, 0.3) is 0 Å². The fraction of sp³-hybridized carbons (Fsp3) is 0.438. The van der Waals surface area contributed by atoms with Crippen molar-refractivity contribution >= 4 is 34.1 Å². The quantitative estimate of drug-likeness (QED) is 0.819. The highest BCUT2D eigenvalue weighted by Gasteiger charge is 2.26. The lowest BCUT2D eigenvalue weighted by Gasteiger charge is -2.35. The molecule has 0 bridgehead atoms. The molecule has 6 nitrogen and oxygen atoms in total. The van der Waals surface area contributed by atoms with E-state index in [0.717, 1.165) is 37.1 Å². The van der Waals surface area contributed by atoms with Crippen LogP contribution < -0.4 is 5.73 Å². The molecule has 1 amide bonds. The number of carbonyl (C=O) groups excluding carboxylic acids is 1. The van der Waals surface area contributed by atoms with Gasteiger partial charge in [0.1, 0.15) is 0 Å². The molecule has 3 rings (SSSR count). The topological polar surface area (TPSA) is 75.3 Å². The fourth-order valence-electron chi connectivity index (χ4n) is 2.69. The Morgan fingerprint density at radius 2 is 1.96 bits per heavy atom. The standard InChI is InChI=1S/C16H21N5OS2/c1-12(23-16-19-18-15(17)24-16)14(22)21-9-7-20(8-10-21)11-13-5-3-2-4-6-13/h2-6,12H,7-11H2,1H3,(H2,17,18)/t12-/m0/s1. The molecule has 1 aliphatic rings. The number of piperazine rings is 1. The summed E-state index contributed by atoms with van der Waals surface area (Å²) in [6.07, 6.45) is 0. The van der Waals surface area contributed by atoms with Crippen LogP contribution in [0.4, 0.5) is 5.13 Å². The van der Waals surface area contributed by atoms with E-state index in [2.05, 4.69) is 39.4 Å². The summed E-state index contributed by atoms with van der Waals surface area (Å²) in [5.41, 5.74) is 6.90. The van der Waals surface area contributed by atoms with Gasteiger partial charge >= 0.3 is 0 Å². The minimum atomic E-state index is -0.168. The Hall–Kier alpha value is -1.64. The van der Waals surface area contributed by atoms with Crippen molar-refractivity contribution in [3.8, 4) is 0 Å². The Labute approximate surface area is 150 Å². The highest BCUT2D eigenvalue weighted by molar-refractivity contribution is 8.02. The summed E-state index contributed by atoms with van der Waals surface area (Å²) < 4.78 is 0.746. The molecule has 1 aromatic carbocycles. The second-order valence-electron chi connectivity index (χ2n) is 5.75. The first-order chi connectivity index (χ1) is 11.6. The molecule has 8 heteroatoms. The van der Waals surface area contributed by atoms with Gasteiger partial charge < -0.3 is 10.6 Å². The van der Waals surface area contributed by atoms with E-state index >= 15 is 0 Å². The van der Waals surface area contributed by atoms with Gasteiger partial charge in [0.15, 0.2) is 4.34 Å². The molecule has 0 aliphatic carbocycles. The number of hydrogen-bond donors (Lipinski definition) is 1. The Morgan fingerprint density at radius 1 is 1.25 bits per heavy atom. The lowest BCUT2D eigenvalue weighted by Crippen LogP contribution is -2.50. The molecule has 128 valence electrons. The Balaban J connectivity index is 1.47. The van der Waals surface area contributed by atoms with Crippen molar-refractivity contribution < 1.29 is 4.79 Å². The Kier molecular flexibility index (Phi) is 5.70. The fourth-order valence-corrected chi connectivity index (χ4v) is 4.56. The van der Waals surface area contributed by atoms with Crippen molar-refractivity contribution in [1.82, 2.24) is 20.0 Å². The van der Waals surface area contributed by atoms with E-state index in [1.165, 1.54) is 28.7 Å². The van der Waals surface area contributed by atoms with Gasteiger partial charge in [-0.25, -0.2) is 0 Å². The second-order valence-corrected chi connectivity index (χ2v) is 8.35. The first kappa shape index (κ1) is 17.2. The molecular formula is C16H21N5OS2. The first-order valence-corrected chi connectivity index (χ1v) is 9.62. The van der Waals surface area contributed by atoms with E-state index < -0.39 is 0 Å². The number of carbonyl (C=O) groups is 1. The Bertz CT molecular complexity index is 670. The molecule has 1 aliphatic heterocycles. The number of anilines is 1. The molecule has 0 saturated carbocycles.